The molecular formula is C45H33NS. The first-order valence-electron chi connectivity index (χ1n) is 16.6. The highest BCUT2D eigenvalue weighted by Crippen LogP contribution is 2.53. The lowest BCUT2D eigenvalue weighted by molar-refractivity contribution is 0.660. The minimum absolute atomic E-state index is 0.0763. The van der Waals surface area contributed by atoms with Gasteiger partial charge < -0.3 is 4.90 Å². The van der Waals surface area contributed by atoms with Gasteiger partial charge in [0.05, 0.1) is 0 Å². The maximum atomic E-state index is 2.49. The summed E-state index contributed by atoms with van der Waals surface area (Å²) in [6, 6.07) is 48.0. The van der Waals surface area contributed by atoms with Gasteiger partial charge in [-0.1, -0.05) is 117 Å². The van der Waals surface area contributed by atoms with E-state index in [1.807, 2.05) is 11.3 Å². The first-order chi connectivity index (χ1) is 23.1. The Morgan fingerprint density at radius 3 is 1.96 bits per heavy atom. The number of benzene rings is 6. The second-order valence-electron chi connectivity index (χ2n) is 13.7. The van der Waals surface area contributed by atoms with Crippen LogP contribution in [0.15, 0.2) is 152 Å². The minimum atomic E-state index is -0.0763. The molecule has 0 bridgehead atoms. The summed E-state index contributed by atoms with van der Waals surface area (Å²) in [4.78, 5) is 2.49. The fourth-order valence-electron chi connectivity index (χ4n) is 8.58. The van der Waals surface area contributed by atoms with E-state index in [-0.39, 0.29) is 5.41 Å². The van der Waals surface area contributed by atoms with Crippen molar-refractivity contribution in [2.24, 2.45) is 0 Å². The van der Waals surface area contributed by atoms with Gasteiger partial charge in [-0.3, -0.25) is 0 Å². The number of hydrogen-bond donors (Lipinski definition) is 0. The van der Waals surface area contributed by atoms with E-state index in [1.54, 1.807) is 0 Å². The minimum Gasteiger partial charge on any atom is -0.310 e. The molecule has 2 unspecified atom stereocenters. The average molecular weight is 620 g/mol. The van der Waals surface area contributed by atoms with Gasteiger partial charge in [0.25, 0.3) is 0 Å². The first-order valence-corrected chi connectivity index (χ1v) is 17.4. The zero-order valence-corrected chi connectivity index (χ0v) is 27.3. The van der Waals surface area contributed by atoms with Crippen molar-refractivity contribution in [2.45, 2.75) is 31.1 Å². The maximum absolute atomic E-state index is 2.49. The third-order valence-corrected chi connectivity index (χ3v) is 12.0. The summed E-state index contributed by atoms with van der Waals surface area (Å²) in [5.41, 5.74) is 14.5. The molecule has 0 saturated heterocycles. The van der Waals surface area contributed by atoms with Gasteiger partial charge in [0.1, 0.15) is 0 Å². The normalized spacial score (nSPS) is 18.0. The van der Waals surface area contributed by atoms with Gasteiger partial charge in [-0.2, -0.15) is 0 Å². The molecule has 1 aromatic heterocycles. The number of allylic oxidation sites excluding steroid dienone is 4. The van der Waals surface area contributed by atoms with Crippen LogP contribution in [0.25, 0.3) is 42.4 Å². The number of fused-ring (bicyclic) bond motifs is 12. The van der Waals surface area contributed by atoms with Crippen LogP contribution < -0.4 is 4.90 Å². The Hall–Kier alpha value is -5.18. The maximum Gasteiger partial charge on any atom is 0.0468 e. The zero-order chi connectivity index (χ0) is 31.3. The monoisotopic (exact) mass is 619 g/mol. The molecule has 3 aliphatic rings. The number of anilines is 3. The zero-order valence-electron chi connectivity index (χ0n) is 26.4. The predicted molar refractivity (Wildman–Crippen MR) is 201 cm³/mol. The molecule has 0 spiro atoms. The SMILES string of the molecule is CC1(C)c2ccccc2-c2ccc(N(c3ccc4c(c3)C3C=CC=CC3c3ccccc3-4)c3ccc4sc5ccccc5c4c3)cc21. The van der Waals surface area contributed by atoms with Gasteiger partial charge in [0.2, 0.25) is 0 Å². The molecule has 0 N–H and O–H groups in total. The standard InChI is InChI=1S/C45H33NS/c1-45(2)41-17-9-7-15-36(41)37-23-20-30(27-42(37)45)46(29-21-24-44-40(26-29)38-16-8-10-18-43(38)47-44)28-19-22-35-33-13-4-3-11-31(33)32-12-5-6-14-34(32)39(35)25-28/h3-27,32,34H,1-2H3. The van der Waals surface area contributed by atoms with Crippen molar-refractivity contribution in [3.63, 3.8) is 0 Å². The summed E-state index contributed by atoms with van der Waals surface area (Å²) < 4.78 is 2.66. The smallest absolute Gasteiger partial charge is 0.0468 e. The predicted octanol–water partition coefficient (Wildman–Crippen LogP) is 12.8. The number of nitrogens with zero attached hydrogens (tertiary/aromatic N) is 1. The Morgan fingerprint density at radius 1 is 0.489 bits per heavy atom. The Morgan fingerprint density at radius 2 is 1.09 bits per heavy atom. The van der Waals surface area contributed by atoms with Gasteiger partial charge in [-0.25, -0.2) is 0 Å². The lowest BCUT2D eigenvalue weighted by Gasteiger charge is -2.35. The quantitative estimate of drug-likeness (QED) is 0.190. The van der Waals surface area contributed by atoms with Crippen LogP contribution in [-0.2, 0) is 5.41 Å². The molecule has 47 heavy (non-hydrogen) atoms. The molecule has 0 aliphatic heterocycles. The van der Waals surface area contributed by atoms with E-state index in [2.05, 4.69) is 170 Å². The van der Waals surface area contributed by atoms with Gasteiger partial charge in [0, 0.05) is 54.5 Å². The number of rotatable bonds is 3. The van der Waals surface area contributed by atoms with E-state index in [4.69, 9.17) is 0 Å². The van der Waals surface area contributed by atoms with E-state index in [0.717, 1.165) is 0 Å². The van der Waals surface area contributed by atoms with Crippen LogP contribution in [0.1, 0.15) is 47.9 Å². The Bertz CT molecular complexity index is 2470. The van der Waals surface area contributed by atoms with E-state index in [1.165, 1.54) is 81.7 Å². The van der Waals surface area contributed by atoms with Crippen molar-refractivity contribution in [3.8, 4) is 22.3 Å². The van der Waals surface area contributed by atoms with Crippen molar-refractivity contribution in [1.29, 1.82) is 0 Å². The van der Waals surface area contributed by atoms with Crippen LogP contribution in [-0.4, -0.2) is 0 Å². The Balaban J connectivity index is 1.20. The van der Waals surface area contributed by atoms with E-state index >= 15 is 0 Å². The largest absolute Gasteiger partial charge is 0.310 e. The molecule has 0 radical (unpaired) electrons. The highest BCUT2D eigenvalue weighted by Gasteiger charge is 2.36. The summed E-state index contributed by atoms with van der Waals surface area (Å²) in [6.07, 6.45) is 9.21. The van der Waals surface area contributed by atoms with E-state index in [9.17, 15) is 0 Å². The molecule has 7 aromatic rings. The summed E-state index contributed by atoms with van der Waals surface area (Å²) in [5.74, 6) is 0.656. The molecule has 2 heteroatoms. The highest BCUT2D eigenvalue weighted by atomic mass is 32.1. The number of hydrogen-bond acceptors (Lipinski definition) is 2. The molecule has 0 amide bonds. The lowest BCUT2D eigenvalue weighted by Crippen LogP contribution is -2.18. The van der Waals surface area contributed by atoms with Gasteiger partial charge in [0.15, 0.2) is 0 Å². The molecule has 0 fully saturated rings. The highest BCUT2D eigenvalue weighted by molar-refractivity contribution is 7.25. The molecule has 0 saturated carbocycles. The molecule has 224 valence electrons. The van der Waals surface area contributed by atoms with E-state index in [0.29, 0.717) is 11.8 Å². The van der Waals surface area contributed by atoms with Gasteiger partial charge in [-0.05, 0) is 93.0 Å². The summed E-state index contributed by atoms with van der Waals surface area (Å²) in [5, 5.41) is 2.64. The van der Waals surface area contributed by atoms with Crippen LogP contribution in [0.2, 0.25) is 0 Å². The molecule has 1 heterocycles. The third kappa shape index (κ3) is 3.89. The van der Waals surface area contributed by atoms with Crippen LogP contribution in [0, 0.1) is 0 Å². The fraction of sp³-hybridized carbons (Fsp3) is 0.111. The number of thiophene rings is 1. The fourth-order valence-corrected chi connectivity index (χ4v) is 9.66. The van der Waals surface area contributed by atoms with E-state index < -0.39 is 0 Å². The van der Waals surface area contributed by atoms with Crippen molar-refractivity contribution in [1.82, 2.24) is 0 Å². The van der Waals surface area contributed by atoms with Gasteiger partial charge in [-0.15, -0.1) is 11.3 Å². The Labute approximate surface area is 279 Å². The van der Waals surface area contributed by atoms with Gasteiger partial charge >= 0.3 is 0 Å². The first kappa shape index (κ1) is 27.0. The molecule has 1 nitrogen and oxygen atoms in total. The van der Waals surface area contributed by atoms with Crippen molar-refractivity contribution < 1.29 is 0 Å². The second-order valence-corrected chi connectivity index (χ2v) is 14.8. The van der Waals surface area contributed by atoms with Crippen LogP contribution >= 0.6 is 11.3 Å². The Kier molecular flexibility index (Phi) is 5.69. The van der Waals surface area contributed by atoms with Crippen LogP contribution in [0.4, 0.5) is 17.1 Å². The molecule has 6 aromatic carbocycles. The molecular weight excluding hydrogens is 587 g/mol. The molecule has 2 atom stereocenters. The van der Waals surface area contributed by atoms with Crippen molar-refractivity contribution in [3.05, 3.63) is 174 Å². The van der Waals surface area contributed by atoms with Crippen molar-refractivity contribution in [2.75, 3.05) is 4.90 Å². The van der Waals surface area contributed by atoms with Crippen LogP contribution in [0.3, 0.4) is 0 Å². The second kappa shape index (κ2) is 9.91. The average Bonchev–Trinajstić information content (AvgIpc) is 3.60. The molecule has 3 aliphatic carbocycles. The summed E-state index contributed by atoms with van der Waals surface area (Å²) >= 11 is 1.87. The topological polar surface area (TPSA) is 3.24 Å². The summed E-state index contributed by atoms with van der Waals surface area (Å²) in [7, 11) is 0. The van der Waals surface area contributed by atoms with Crippen molar-refractivity contribution >= 4 is 48.6 Å². The lowest BCUT2D eigenvalue weighted by atomic mass is 9.70. The van der Waals surface area contributed by atoms with Crippen LogP contribution in [0.5, 0.6) is 0 Å². The molecule has 10 rings (SSSR count). The summed E-state index contributed by atoms with van der Waals surface area (Å²) in [6.45, 7) is 4.74. The third-order valence-electron chi connectivity index (χ3n) is 10.8.